The minimum absolute atomic E-state index is 0.140. The number of furan rings is 1. The second kappa shape index (κ2) is 6.59. The van der Waals surface area contributed by atoms with Gasteiger partial charge in [-0.05, 0) is 37.3 Å². The predicted octanol–water partition coefficient (Wildman–Crippen LogP) is 3.26. The monoisotopic (exact) mass is 342 g/mol. The van der Waals surface area contributed by atoms with Crippen molar-refractivity contribution in [3.63, 3.8) is 0 Å². The molecule has 6 heteroatoms. The summed E-state index contributed by atoms with van der Waals surface area (Å²) in [7, 11) is 3.87. The molecule has 1 unspecified atom stereocenters. The first-order chi connectivity index (χ1) is 11.4. The van der Waals surface area contributed by atoms with E-state index in [9.17, 15) is 9.35 Å². The van der Waals surface area contributed by atoms with Crippen molar-refractivity contribution < 1.29 is 13.8 Å². The number of benzene rings is 2. The Morgan fingerprint density at radius 2 is 1.83 bits per heavy atom. The van der Waals surface area contributed by atoms with Crippen LogP contribution < -0.4 is 9.62 Å². The van der Waals surface area contributed by atoms with Gasteiger partial charge in [-0.1, -0.05) is 17.7 Å². The minimum atomic E-state index is -1.62. The molecule has 1 heterocycles. The lowest BCUT2D eigenvalue weighted by molar-refractivity contribution is 0.0956. The van der Waals surface area contributed by atoms with Gasteiger partial charge in [-0.25, -0.2) is 0 Å². The number of carbonyl (C=O) groups excluding carboxylic acids is 1. The van der Waals surface area contributed by atoms with Crippen LogP contribution in [0.3, 0.4) is 0 Å². The Hall–Kier alpha value is -2.44. The zero-order valence-electron chi connectivity index (χ0n) is 13.7. The number of nitrogens with one attached hydrogen (secondary N) is 1. The van der Waals surface area contributed by atoms with Crippen LogP contribution in [0.15, 0.2) is 57.8 Å². The number of rotatable bonds is 4. The zero-order chi connectivity index (χ0) is 17.3. The highest BCUT2D eigenvalue weighted by Crippen LogP contribution is 2.24. The molecular weight excluding hydrogens is 324 g/mol. The molecule has 1 atom stereocenters. The minimum Gasteiger partial charge on any atom is -0.588 e. The Morgan fingerprint density at radius 3 is 2.50 bits per heavy atom. The molecule has 0 fully saturated rings. The van der Waals surface area contributed by atoms with Crippen molar-refractivity contribution in [3.05, 3.63) is 59.9 Å². The van der Waals surface area contributed by atoms with E-state index in [0.717, 1.165) is 16.6 Å². The van der Waals surface area contributed by atoms with Gasteiger partial charge in [0.1, 0.15) is 16.9 Å². The Labute approximate surface area is 143 Å². The number of aryl methyl sites for hydroxylation is 1. The van der Waals surface area contributed by atoms with Gasteiger partial charge in [0.15, 0.2) is 10.7 Å². The van der Waals surface area contributed by atoms with E-state index in [2.05, 4.69) is 4.72 Å². The SMILES string of the molecule is Cc1ccc([S+]([O-])NC(=O)c2cc3ccc(N(C)C)cc3o2)cc1. The quantitative estimate of drug-likeness (QED) is 0.739. The maximum atomic E-state index is 12.3. The zero-order valence-corrected chi connectivity index (χ0v) is 14.5. The average molecular weight is 342 g/mol. The van der Waals surface area contributed by atoms with Crippen LogP contribution in [0.5, 0.6) is 0 Å². The maximum absolute atomic E-state index is 12.3. The number of hydrogen-bond donors (Lipinski definition) is 1. The number of anilines is 1. The first-order valence-electron chi connectivity index (χ1n) is 7.44. The molecule has 0 spiro atoms. The smallest absolute Gasteiger partial charge is 0.328 e. The number of nitrogens with zero attached hydrogens (tertiary/aromatic N) is 1. The lowest BCUT2D eigenvalue weighted by Crippen LogP contribution is -2.30. The maximum Gasteiger partial charge on any atom is 0.328 e. The van der Waals surface area contributed by atoms with Gasteiger partial charge >= 0.3 is 5.91 Å². The molecule has 0 bridgehead atoms. The summed E-state index contributed by atoms with van der Waals surface area (Å²) in [4.78, 5) is 14.8. The molecule has 0 radical (unpaired) electrons. The van der Waals surface area contributed by atoms with Gasteiger partial charge in [0.25, 0.3) is 0 Å². The lowest BCUT2D eigenvalue weighted by atomic mass is 10.2. The Morgan fingerprint density at radius 1 is 1.12 bits per heavy atom. The van der Waals surface area contributed by atoms with Crippen LogP contribution in [-0.4, -0.2) is 24.6 Å². The fourth-order valence-electron chi connectivity index (χ4n) is 2.27. The fraction of sp³-hybridized carbons (Fsp3) is 0.167. The average Bonchev–Trinajstić information content (AvgIpc) is 2.98. The van der Waals surface area contributed by atoms with E-state index in [4.69, 9.17) is 4.42 Å². The van der Waals surface area contributed by atoms with Gasteiger partial charge in [0.2, 0.25) is 0 Å². The van der Waals surface area contributed by atoms with Crippen molar-refractivity contribution in [1.82, 2.24) is 4.72 Å². The molecular formula is C18H18N2O3S. The van der Waals surface area contributed by atoms with Crippen molar-refractivity contribution >= 4 is 33.9 Å². The van der Waals surface area contributed by atoms with E-state index >= 15 is 0 Å². The molecule has 0 aliphatic carbocycles. The van der Waals surface area contributed by atoms with Gasteiger partial charge in [-0.3, -0.25) is 4.79 Å². The molecule has 24 heavy (non-hydrogen) atoms. The molecule has 5 nitrogen and oxygen atoms in total. The summed E-state index contributed by atoms with van der Waals surface area (Å²) in [6.45, 7) is 1.95. The van der Waals surface area contributed by atoms with E-state index in [0.29, 0.717) is 10.5 Å². The normalized spacial score (nSPS) is 12.2. The van der Waals surface area contributed by atoms with E-state index in [-0.39, 0.29) is 5.76 Å². The van der Waals surface area contributed by atoms with Crippen molar-refractivity contribution in [2.45, 2.75) is 11.8 Å². The molecule has 3 aromatic rings. The van der Waals surface area contributed by atoms with Gasteiger partial charge in [-0.15, -0.1) is 0 Å². The summed E-state index contributed by atoms with van der Waals surface area (Å²) < 4.78 is 20.3. The van der Waals surface area contributed by atoms with Crippen LogP contribution in [0.2, 0.25) is 0 Å². The van der Waals surface area contributed by atoms with Gasteiger partial charge in [0, 0.05) is 31.2 Å². The summed E-state index contributed by atoms with van der Waals surface area (Å²) in [6.07, 6.45) is 0. The molecule has 1 amide bonds. The van der Waals surface area contributed by atoms with Gasteiger partial charge < -0.3 is 13.9 Å². The van der Waals surface area contributed by atoms with Crippen LogP contribution >= 0.6 is 0 Å². The largest absolute Gasteiger partial charge is 0.588 e. The third kappa shape index (κ3) is 3.39. The summed E-state index contributed by atoms with van der Waals surface area (Å²) in [5, 5.41) is 0.826. The van der Waals surface area contributed by atoms with Crippen molar-refractivity contribution in [3.8, 4) is 0 Å². The second-order valence-electron chi connectivity index (χ2n) is 5.74. The molecule has 0 saturated heterocycles. The Balaban J connectivity index is 1.79. The number of carbonyl (C=O) groups is 1. The lowest BCUT2D eigenvalue weighted by Gasteiger charge is -2.11. The topological polar surface area (TPSA) is 68.5 Å². The molecule has 1 N–H and O–H groups in total. The van der Waals surface area contributed by atoms with E-state index in [1.165, 1.54) is 0 Å². The summed E-state index contributed by atoms with van der Waals surface area (Å²) >= 11 is -1.62. The van der Waals surface area contributed by atoms with Crippen LogP contribution in [0.25, 0.3) is 11.0 Å². The standard InChI is InChI=1S/C18H18N2O3S/c1-12-4-8-15(9-5-12)24(22)19-18(21)17-10-13-6-7-14(20(2)3)11-16(13)23-17/h4-11H,1-3H3,(H,19,21). The molecule has 1 aromatic heterocycles. The van der Waals surface area contributed by atoms with Crippen molar-refractivity contribution in [2.75, 3.05) is 19.0 Å². The molecule has 0 aliphatic rings. The van der Waals surface area contributed by atoms with Crippen LogP contribution in [0, 0.1) is 6.92 Å². The number of amides is 1. The first kappa shape index (κ1) is 16.4. The molecule has 124 valence electrons. The predicted molar refractivity (Wildman–Crippen MR) is 95.6 cm³/mol. The summed E-state index contributed by atoms with van der Waals surface area (Å²) in [5.41, 5.74) is 2.66. The molecule has 3 rings (SSSR count). The summed E-state index contributed by atoms with van der Waals surface area (Å²) in [6, 6.07) is 14.5. The number of hydrogen-bond acceptors (Lipinski definition) is 4. The van der Waals surface area contributed by atoms with Crippen molar-refractivity contribution in [2.24, 2.45) is 0 Å². The first-order valence-corrected chi connectivity index (χ1v) is 8.59. The van der Waals surface area contributed by atoms with Crippen LogP contribution in [-0.2, 0) is 11.4 Å². The third-order valence-corrected chi connectivity index (χ3v) is 4.74. The highest BCUT2D eigenvalue weighted by atomic mass is 32.2. The molecule has 0 saturated carbocycles. The Bertz CT molecular complexity index is 872. The Kier molecular flexibility index (Phi) is 4.51. The van der Waals surface area contributed by atoms with Gasteiger partial charge in [0.05, 0.1) is 0 Å². The van der Waals surface area contributed by atoms with Gasteiger partial charge in [-0.2, -0.15) is 4.72 Å². The third-order valence-electron chi connectivity index (χ3n) is 3.66. The highest BCUT2D eigenvalue weighted by molar-refractivity contribution is 7.90. The van der Waals surface area contributed by atoms with E-state index in [1.54, 1.807) is 18.2 Å². The highest BCUT2D eigenvalue weighted by Gasteiger charge is 2.20. The van der Waals surface area contributed by atoms with E-state index in [1.807, 2.05) is 56.3 Å². The van der Waals surface area contributed by atoms with Crippen LogP contribution in [0.4, 0.5) is 5.69 Å². The van der Waals surface area contributed by atoms with Crippen LogP contribution in [0.1, 0.15) is 16.1 Å². The molecule has 0 aliphatic heterocycles. The second-order valence-corrected chi connectivity index (χ2v) is 6.95. The van der Waals surface area contributed by atoms with Crippen molar-refractivity contribution in [1.29, 1.82) is 0 Å². The molecule has 2 aromatic carbocycles. The van der Waals surface area contributed by atoms with E-state index < -0.39 is 17.3 Å². The fourth-order valence-corrected chi connectivity index (χ4v) is 3.04. The number of fused-ring (bicyclic) bond motifs is 1. The summed E-state index contributed by atoms with van der Waals surface area (Å²) in [5.74, 6) is -0.363.